The predicted octanol–water partition coefficient (Wildman–Crippen LogP) is 3.00. The molecule has 1 heterocycles. The Labute approximate surface area is 133 Å². The number of anilines is 1. The highest BCUT2D eigenvalue weighted by Crippen LogP contribution is 2.23. The van der Waals surface area contributed by atoms with Gasteiger partial charge in [0.25, 0.3) is 0 Å². The van der Waals surface area contributed by atoms with Crippen molar-refractivity contribution in [3.05, 3.63) is 43.4 Å². The zero-order chi connectivity index (χ0) is 14.7. The maximum atomic E-state index is 11.1. The van der Waals surface area contributed by atoms with E-state index in [-0.39, 0.29) is 10.8 Å². The van der Waals surface area contributed by atoms with Crippen LogP contribution in [0.2, 0.25) is 0 Å². The number of carbonyl (C=O) groups is 2. The maximum Gasteiger partial charge on any atom is 0.347 e. The topological polar surface area (TPSA) is 79.3 Å². The van der Waals surface area contributed by atoms with E-state index in [1.807, 2.05) is 34.7 Å². The molecule has 0 spiro atoms. The number of nitrogens with zero attached hydrogens (tertiary/aromatic N) is 1. The van der Waals surface area contributed by atoms with Gasteiger partial charge < -0.3 is 10.4 Å². The van der Waals surface area contributed by atoms with Gasteiger partial charge in [-0.3, -0.25) is 4.79 Å². The number of hydrogen-bond acceptors (Lipinski definition) is 4. The van der Waals surface area contributed by atoms with Crippen molar-refractivity contribution in [2.45, 2.75) is 13.3 Å². The molecule has 0 bridgehead atoms. The average molecular weight is 402 g/mol. The van der Waals surface area contributed by atoms with Crippen molar-refractivity contribution in [1.82, 2.24) is 4.98 Å². The van der Waals surface area contributed by atoms with Crippen molar-refractivity contribution in [1.29, 1.82) is 0 Å². The SMILES string of the molecule is CC(=O)Nc1ccc(Cc2nc(I)sc2C(=O)O)cc1. The van der Waals surface area contributed by atoms with Gasteiger partial charge in [-0.15, -0.1) is 11.3 Å². The first kappa shape index (κ1) is 14.9. The first-order valence-electron chi connectivity index (χ1n) is 5.70. The lowest BCUT2D eigenvalue weighted by Crippen LogP contribution is -2.05. The smallest absolute Gasteiger partial charge is 0.347 e. The quantitative estimate of drug-likeness (QED) is 0.771. The van der Waals surface area contributed by atoms with E-state index in [0.29, 0.717) is 20.8 Å². The number of hydrogen-bond donors (Lipinski definition) is 2. The fourth-order valence-electron chi connectivity index (χ4n) is 1.71. The van der Waals surface area contributed by atoms with Crippen molar-refractivity contribution in [3.63, 3.8) is 0 Å². The van der Waals surface area contributed by atoms with Crippen LogP contribution in [-0.2, 0) is 11.2 Å². The van der Waals surface area contributed by atoms with Gasteiger partial charge in [-0.2, -0.15) is 0 Å². The summed E-state index contributed by atoms with van der Waals surface area (Å²) in [6, 6.07) is 7.27. The molecule has 2 rings (SSSR count). The molecule has 0 radical (unpaired) electrons. The number of rotatable bonds is 4. The van der Waals surface area contributed by atoms with E-state index >= 15 is 0 Å². The van der Waals surface area contributed by atoms with Gasteiger partial charge in [-0.25, -0.2) is 9.78 Å². The van der Waals surface area contributed by atoms with E-state index < -0.39 is 5.97 Å². The predicted molar refractivity (Wildman–Crippen MR) is 85.3 cm³/mol. The van der Waals surface area contributed by atoms with Gasteiger partial charge in [0.15, 0.2) is 3.01 Å². The number of carboxylic acids is 1. The van der Waals surface area contributed by atoms with Gasteiger partial charge in [-0.05, 0) is 40.3 Å². The third-order valence-electron chi connectivity index (χ3n) is 2.51. The van der Waals surface area contributed by atoms with Gasteiger partial charge in [0, 0.05) is 19.0 Å². The average Bonchev–Trinajstić information content (AvgIpc) is 2.72. The molecule has 7 heteroatoms. The van der Waals surface area contributed by atoms with Crippen LogP contribution < -0.4 is 5.32 Å². The van der Waals surface area contributed by atoms with Crippen LogP contribution >= 0.6 is 33.9 Å². The summed E-state index contributed by atoms with van der Waals surface area (Å²) in [7, 11) is 0. The zero-order valence-corrected chi connectivity index (χ0v) is 13.5. The summed E-state index contributed by atoms with van der Waals surface area (Å²) < 4.78 is 0.713. The summed E-state index contributed by atoms with van der Waals surface area (Å²) in [5.74, 6) is -1.07. The highest BCUT2D eigenvalue weighted by Gasteiger charge is 2.16. The summed E-state index contributed by atoms with van der Waals surface area (Å²) in [5.41, 5.74) is 2.23. The minimum absolute atomic E-state index is 0.125. The lowest BCUT2D eigenvalue weighted by molar-refractivity contribution is -0.114. The number of halogens is 1. The van der Waals surface area contributed by atoms with Crippen LogP contribution in [0.4, 0.5) is 5.69 Å². The lowest BCUT2D eigenvalue weighted by Gasteiger charge is -2.04. The number of aromatic nitrogens is 1. The molecular formula is C13H11IN2O3S. The molecule has 0 saturated heterocycles. The molecule has 1 aromatic heterocycles. The van der Waals surface area contributed by atoms with Crippen LogP contribution in [0.5, 0.6) is 0 Å². The largest absolute Gasteiger partial charge is 0.477 e. The second-order valence-corrected chi connectivity index (χ2v) is 6.86. The van der Waals surface area contributed by atoms with Crippen molar-refractivity contribution in [3.8, 4) is 0 Å². The van der Waals surface area contributed by atoms with E-state index in [1.54, 1.807) is 12.1 Å². The lowest BCUT2D eigenvalue weighted by atomic mass is 10.1. The Balaban J connectivity index is 2.18. The molecule has 20 heavy (non-hydrogen) atoms. The number of amides is 1. The molecule has 5 nitrogen and oxygen atoms in total. The van der Waals surface area contributed by atoms with E-state index in [9.17, 15) is 9.59 Å². The Kier molecular flexibility index (Phi) is 4.71. The van der Waals surface area contributed by atoms with Crippen molar-refractivity contribution in [2.75, 3.05) is 5.32 Å². The molecule has 0 fully saturated rings. The van der Waals surface area contributed by atoms with Crippen molar-refractivity contribution < 1.29 is 14.7 Å². The third-order valence-corrected chi connectivity index (χ3v) is 4.29. The van der Waals surface area contributed by atoms with E-state index in [1.165, 1.54) is 18.3 Å². The molecule has 0 aliphatic heterocycles. The molecule has 1 aromatic carbocycles. The Hall–Kier alpha value is -1.48. The van der Waals surface area contributed by atoms with Crippen molar-refractivity contribution in [2.24, 2.45) is 0 Å². The molecule has 2 N–H and O–H groups in total. The van der Waals surface area contributed by atoms with Crippen LogP contribution in [0.25, 0.3) is 0 Å². The minimum Gasteiger partial charge on any atom is -0.477 e. The van der Waals surface area contributed by atoms with Gasteiger partial charge in [0.05, 0.1) is 5.69 Å². The normalized spacial score (nSPS) is 10.3. The Morgan fingerprint density at radius 1 is 1.35 bits per heavy atom. The number of benzene rings is 1. The molecular weight excluding hydrogens is 391 g/mol. The van der Waals surface area contributed by atoms with Gasteiger partial charge in [-0.1, -0.05) is 12.1 Å². The Morgan fingerprint density at radius 2 is 2.00 bits per heavy atom. The number of carbonyl (C=O) groups excluding carboxylic acids is 1. The van der Waals surface area contributed by atoms with Crippen LogP contribution in [0.1, 0.15) is 27.9 Å². The number of aromatic carboxylic acids is 1. The van der Waals surface area contributed by atoms with Crippen LogP contribution in [0.3, 0.4) is 0 Å². The Bertz CT molecular complexity index is 652. The molecule has 0 aliphatic rings. The maximum absolute atomic E-state index is 11.1. The number of carboxylic acid groups (broad SMARTS) is 1. The van der Waals surface area contributed by atoms with E-state index in [2.05, 4.69) is 10.3 Å². The number of thiazole rings is 1. The summed E-state index contributed by atoms with van der Waals surface area (Å²) in [6.07, 6.45) is 0.460. The van der Waals surface area contributed by atoms with Crippen LogP contribution in [0.15, 0.2) is 24.3 Å². The zero-order valence-electron chi connectivity index (χ0n) is 10.5. The fourth-order valence-corrected chi connectivity index (χ4v) is 3.31. The highest BCUT2D eigenvalue weighted by molar-refractivity contribution is 14.1. The minimum atomic E-state index is -0.949. The van der Waals surface area contributed by atoms with E-state index in [4.69, 9.17) is 5.11 Å². The second-order valence-electron chi connectivity index (χ2n) is 4.10. The standard InChI is InChI=1S/C13H11IN2O3S/c1-7(17)15-9-4-2-8(3-5-9)6-10-11(12(18)19)20-13(14)16-10/h2-5H,6H2,1H3,(H,15,17)(H,18,19). The Morgan fingerprint density at radius 3 is 2.55 bits per heavy atom. The summed E-state index contributed by atoms with van der Waals surface area (Å²) in [5, 5.41) is 11.8. The van der Waals surface area contributed by atoms with Gasteiger partial charge >= 0.3 is 5.97 Å². The van der Waals surface area contributed by atoms with Crippen molar-refractivity contribution >= 4 is 51.5 Å². The van der Waals surface area contributed by atoms with Gasteiger partial charge in [0.1, 0.15) is 4.88 Å². The molecule has 104 valence electrons. The van der Waals surface area contributed by atoms with E-state index in [0.717, 1.165) is 5.56 Å². The number of nitrogens with one attached hydrogen (secondary N) is 1. The first-order chi connectivity index (χ1) is 9.45. The van der Waals surface area contributed by atoms with Crippen LogP contribution in [-0.4, -0.2) is 22.0 Å². The first-order valence-corrected chi connectivity index (χ1v) is 7.60. The third kappa shape index (κ3) is 3.76. The molecule has 1 amide bonds. The molecule has 0 aliphatic carbocycles. The molecule has 0 atom stereocenters. The van der Waals surface area contributed by atoms with Crippen LogP contribution in [0, 0.1) is 3.01 Å². The second kappa shape index (κ2) is 6.31. The highest BCUT2D eigenvalue weighted by atomic mass is 127. The van der Waals surface area contributed by atoms with Gasteiger partial charge in [0.2, 0.25) is 5.91 Å². The monoisotopic (exact) mass is 402 g/mol. The summed E-state index contributed by atoms with van der Waals surface area (Å²) in [4.78, 5) is 26.6. The molecule has 0 unspecified atom stereocenters. The summed E-state index contributed by atoms with van der Waals surface area (Å²) in [6.45, 7) is 1.45. The summed E-state index contributed by atoms with van der Waals surface area (Å²) >= 11 is 3.19. The molecule has 0 saturated carbocycles. The molecule has 2 aromatic rings. The fraction of sp³-hybridized carbons (Fsp3) is 0.154.